The quantitative estimate of drug-likeness (QED) is 0.404. The summed E-state index contributed by atoms with van der Waals surface area (Å²) in [6, 6.07) is 0. The van der Waals surface area contributed by atoms with Crippen LogP contribution in [0.15, 0.2) is 0 Å². The van der Waals surface area contributed by atoms with Crippen LogP contribution < -0.4 is 0 Å². The number of fused-ring (bicyclic) bond motifs is 1. The Labute approximate surface area is 41.5 Å². The van der Waals surface area contributed by atoms with Gasteiger partial charge < -0.3 is 4.74 Å². The summed E-state index contributed by atoms with van der Waals surface area (Å²) in [6.07, 6.45) is 1.10. The number of hydrogen-bond acceptors (Lipinski definition) is 2. The molecule has 1 aliphatic carbocycles. The number of ether oxygens (including phenoxy) is 1. The van der Waals surface area contributed by atoms with Crippen LogP contribution in [0, 0.1) is 11.8 Å². The van der Waals surface area contributed by atoms with Crippen LogP contribution in [0.5, 0.6) is 0 Å². The van der Waals surface area contributed by atoms with Gasteiger partial charge in [-0.2, -0.15) is 0 Å². The van der Waals surface area contributed by atoms with Crippen LogP contribution in [-0.4, -0.2) is 12.6 Å². The van der Waals surface area contributed by atoms with Crippen LogP contribution in [0.4, 0.5) is 0 Å². The molecule has 2 aliphatic rings. The van der Waals surface area contributed by atoms with Gasteiger partial charge in [0.05, 0.1) is 12.5 Å². The topological polar surface area (TPSA) is 26.3 Å². The lowest BCUT2D eigenvalue weighted by Crippen LogP contribution is -1.97. The molecule has 2 rings (SSSR count). The Morgan fingerprint density at radius 2 is 2.57 bits per heavy atom. The third-order valence-electron chi connectivity index (χ3n) is 1.67. The van der Waals surface area contributed by atoms with E-state index in [0.717, 1.165) is 6.42 Å². The summed E-state index contributed by atoms with van der Waals surface area (Å²) in [7, 11) is 0. The first-order valence-electron chi connectivity index (χ1n) is 2.54. The average molecular weight is 98.1 g/mol. The normalized spacial score (nSPS) is 45.4. The third-order valence-corrected chi connectivity index (χ3v) is 1.67. The maximum Gasteiger partial charge on any atom is 0.309 e. The van der Waals surface area contributed by atoms with Crippen LogP contribution in [-0.2, 0) is 9.53 Å². The minimum Gasteiger partial charge on any atom is -0.465 e. The maximum atomic E-state index is 10.4. The molecule has 1 saturated heterocycles. The Morgan fingerprint density at radius 1 is 1.71 bits per heavy atom. The Kier molecular flexibility index (Phi) is 0.412. The molecule has 0 aromatic rings. The summed E-state index contributed by atoms with van der Waals surface area (Å²) >= 11 is 0. The molecule has 2 heteroatoms. The molecule has 0 amide bonds. The van der Waals surface area contributed by atoms with E-state index in [1.165, 1.54) is 0 Å². The SMILES string of the molecule is O=C1OC[C@H]2C[C@H]12. The predicted octanol–water partition coefficient (Wildman–Crippen LogP) is 0.179. The molecule has 2 atom stereocenters. The molecule has 0 aromatic heterocycles. The number of carbonyl (C=O) groups is 1. The van der Waals surface area contributed by atoms with Crippen molar-refractivity contribution in [3.63, 3.8) is 0 Å². The first-order valence-corrected chi connectivity index (χ1v) is 2.54. The van der Waals surface area contributed by atoms with Crippen molar-refractivity contribution in [1.29, 1.82) is 0 Å². The fourth-order valence-corrected chi connectivity index (χ4v) is 1.02. The van der Waals surface area contributed by atoms with Crippen LogP contribution in [0.3, 0.4) is 0 Å². The van der Waals surface area contributed by atoms with Crippen LogP contribution in [0.1, 0.15) is 6.42 Å². The molecule has 1 saturated carbocycles. The van der Waals surface area contributed by atoms with Crippen molar-refractivity contribution >= 4 is 5.97 Å². The van der Waals surface area contributed by atoms with Crippen LogP contribution in [0.2, 0.25) is 0 Å². The van der Waals surface area contributed by atoms with Gasteiger partial charge in [0, 0.05) is 5.92 Å². The number of carbonyl (C=O) groups excluding carboxylic acids is 1. The molecule has 1 heterocycles. The van der Waals surface area contributed by atoms with Gasteiger partial charge in [0.1, 0.15) is 0 Å². The molecular weight excluding hydrogens is 92.1 g/mol. The maximum absolute atomic E-state index is 10.4. The molecule has 0 radical (unpaired) electrons. The lowest BCUT2D eigenvalue weighted by Gasteiger charge is -1.89. The smallest absolute Gasteiger partial charge is 0.309 e. The summed E-state index contributed by atoms with van der Waals surface area (Å²) in [4.78, 5) is 10.4. The first-order chi connectivity index (χ1) is 3.38. The summed E-state index contributed by atoms with van der Waals surface area (Å²) < 4.78 is 4.68. The van der Waals surface area contributed by atoms with Crippen molar-refractivity contribution < 1.29 is 9.53 Å². The standard InChI is InChI=1S/C5H6O2/c6-5-4-1-3(4)2-7-5/h3-4H,1-2H2/t3-,4+/m1/s1. The van der Waals surface area contributed by atoms with E-state index in [1.807, 2.05) is 0 Å². The van der Waals surface area contributed by atoms with Crippen molar-refractivity contribution in [1.82, 2.24) is 0 Å². The second kappa shape index (κ2) is 0.831. The summed E-state index contributed by atoms with van der Waals surface area (Å²) in [6.45, 7) is 0.698. The lowest BCUT2D eigenvalue weighted by molar-refractivity contribution is -0.140. The highest BCUT2D eigenvalue weighted by molar-refractivity contribution is 5.78. The van der Waals surface area contributed by atoms with Gasteiger partial charge in [-0.15, -0.1) is 0 Å². The molecule has 0 unspecified atom stereocenters. The highest BCUT2D eigenvalue weighted by Gasteiger charge is 2.50. The van der Waals surface area contributed by atoms with E-state index in [0.29, 0.717) is 18.4 Å². The molecule has 2 nitrogen and oxygen atoms in total. The van der Waals surface area contributed by atoms with Gasteiger partial charge in [-0.25, -0.2) is 0 Å². The van der Waals surface area contributed by atoms with Gasteiger partial charge in [-0.1, -0.05) is 0 Å². The predicted molar refractivity (Wildman–Crippen MR) is 22.6 cm³/mol. The summed E-state index contributed by atoms with van der Waals surface area (Å²) in [5, 5.41) is 0. The largest absolute Gasteiger partial charge is 0.465 e. The summed E-state index contributed by atoms with van der Waals surface area (Å²) in [5.74, 6) is 0.970. The van der Waals surface area contributed by atoms with E-state index in [4.69, 9.17) is 0 Å². The molecule has 0 spiro atoms. The summed E-state index contributed by atoms with van der Waals surface area (Å²) in [5.41, 5.74) is 0. The first kappa shape index (κ1) is 3.47. The Morgan fingerprint density at radius 3 is 2.71 bits per heavy atom. The van der Waals surface area contributed by atoms with Crippen LogP contribution in [0.25, 0.3) is 0 Å². The molecule has 0 aromatic carbocycles. The van der Waals surface area contributed by atoms with E-state index < -0.39 is 0 Å². The minimum atomic E-state index is 0.0324. The third kappa shape index (κ3) is 0.315. The molecule has 1 aliphatic heterocycles. The van der Waals surface area contributed by atoms with Crippen molar-refractivity contribution in [3.8, 4) is 0 Å². The highest BCUT2D eigenvalue weighted by Crippen LogP contribution is 2.44. The van der Waals surface area contributed by atoms with E-state index in [2.05, 4.69) is 4.74 Å². The number of cyclic esters (lactones) is 1. The highest BCUT2D eigenvalue weighted by atomic mass is 16.5. The van der Waals surface area contributed by atoms with Gasteiger partial charge in [0.2, 0.25) is 0 Å². The van der Waals surface area contributed by atoms with Gasteiger partial charge in [-0.05, 0) is 6.42 Å². The molecule has 0 bridgehead atoms. The van der Waals surface area contributed by atoms with E-state index >= 15 is 0 Å². The van der Waals surface area contributed by atoms with E-state index in [-0.39, 0.29) is 5.97 Å². The lowest BCUT2D eigenvalue weighted by atomic mass is 10.4. The van der Waals surface area contributed by atoms with Gasteiger partial charge in [0.15, 0.2) is 0 Å². The van der Waals surface area contributed by atoms with Crippen LogP contribution >= 0.6 is 0 Å². The zero-order chi connectivity index (χ0) is 4.85. The molecule has 38 valence electrons. The van der Waals surface area contributed by atoms with Crippen molar-refractivity contribution in [2.24, 2.45) is 11.8 Å². The second-order valence-electron chi connectivity index (χ2n) is 2.23. The fraction of sp³-hybridized carbons (Fsp3) is 0.800. The van der Waals surface area contributed by atoms with E-state index in [9.17, 15) is 4.79 Å². The fourth-order valence-electron chi connectivity index (χ4n) is 1.02. The molecular formula is C5H6O2. The number of esters is 1. The van der Waals surface area contributed by atoms with Gasteiger partial charge in [-0.3, -0.25) is 4.79 Å². The molecule has 7 heavy (non-hydrogen) atoms. The van der Waals surface area contributed by atoms with Crippen molar-refractivity contribution in [3.05, 3.63) is 0 Å². The average Bonchev–Trinajstić information content (AvgIpc) is 2.33. The van der Waals surface area contributed by atoms with E-state index in [1.54, 1.807) is 0 Å². The minimum absolute atomic E-state index is 0.0324. The Hall–Kier alpha value is -0.530. The van der Waals surface area contributed by atoms with Gasteiger partial charge >= 0.3 is 5.97 Å². The zero-order valence-electron chi connectivity index (χ0n) is 3.89. The Balaban J connectivity index is 2.21. The molecule has 0 N–H and O–H groups in total. The Bertz CT molecular complexity index is 119. The number of hydrogen-bond donors (Lipinski definition) is 0. The number of rotatable bonds is 0. The van der Waals surface area contributed by atoms with Crippen molar-refractivity contribution in [2.75, 3.05) is 6.61 Å². The molecule has 2 fully saturated rings. The van der Waals surface area contributed by atoms with Crippen molar-refractivity contribution in [2.45, 2.75) is 6.42 Å². The monoisotopic (exact) mass is 98.0 g/mol. The van der Waals surface area contributed by atoms with Gasteiger partial charge in [0.25, 0.3) is 0 Å². The zero-order valence-corrected chi connectivity index (χ0v) is 3.89. The second-order valence-corrected chi connectivity index (χ2v) is 2.23.